The topological polar surface area (TPSA) is 76.7 Å². The number of halogens is 1. The zero-order chi connectivity index (χ0) is 17.1. The van der Waals surface area contributed by atoms with E-state index in [1.807, 2.05) is 38.4 Å². The van der Waals surface area contributed by atoms with Crippen LogP contribution in [0.4, 0.5) is 0 Å². The van der Waals surface area contributed by atoms with Crippen molar-refractivity contribution in [3.63, 3.8) is 0 Å². The van der Waals surface area contributed by atoms with Crippen molar-refractivity contribution >= 4 is 28.2 Å². The Balaban J connectivity index is 2.06. The van der Waals surface area contributed by atoms with Crippen molar-refractivity contribution in [1.82, 2.24) is 20.3 Å². The summed E-state index contributed by atoms with van der Waals surface area (Å²) in [6.07, 6.45) is 7.26. The van der Waals surface area contributed by atoms with E-state index < -0.39 is 0 Å². The Morgan fingerprint density at radius 2 is 2.04 bits per heavy atom. The number of nitrogens with one attached hydrogen (secondary N) is 1. The molecule has 0 bridgehead atoms. The highest BCUT2D eigenvalue weighted by Gasteiger charge is 2.16. The Morgan fingerprint density at radius 3 is 2.79 bits per heavy atom. The molecule has 1 unspecified atom stereocenters. The van der Waals surface area contributed by atoms with E-state index in [9.17, 15) is 0 Å². The van der Waals surface area contributed by atoms with Gasteiger partial charge in [0.2, 0.25) is 0 Å². The van der Waals surface area contributed by atoms with E-state index in [4.69, 9.17) is 17.3 Å². The maximum absolute atomic E-state index is 6.48. The van der Waals surface area contributed by atoms with Gasteiger partial charge in [-0.25, -0.2) is 4.98 Å². The Hall–Kier alpha value is -2.50. The molecule has 3 N–H and O–H groups in total. The van der Waals surface area contributed by atoms with Crippen LogP contribution in [0.2, 0.25) is 5.15 Å². The number of pyridine rings is 3. The quantitative estimate of drug-likeness (QED) is 0.713. The van der Waals surface area contributed by atoms with Gasteiger partial charge in [0, 0.05) is 37.4 Å². The number of hydrogen-bond acceptors (Lipinski definition) is 5. The second-order valence-corrected chi connectivity index (χ2v) is 5.95. The second-order valence-electron chi connectivity index (χ2n) is 5.56. The maximum Gasteiger partial charge on any atom is 0.129 e. The molecular weight excluding hydrogens is 322 g/mol. The van der Waals surface area contributed by atoms with Crippen LogP contribution in [0.1, 0.15) is 22.7 Å². The summed E-state index contributed by atoms with van der Waals surface area (Å²) in [7, 11) is 1.84. The van der Waals surface area contributed by atoms with Crippen molar-refractivity contribution in [2.45, 2.75) is 13.0 Å². The van der Waals surface area contributed by atoms with E-state index >= 15 is 0 Å². The van der Waals surface area contributed by atoms with Crippen LogP contribution in [0.25, 0.3) is 16.6 Å². The van der Waals surface area contributed by atoms with Crippen molar-refractivity contribution in [1.29, 1.82) is 0 Å². The fourth-order valence-electron chi connectivity index (χ4n) is 2.58. The predicted octanol–water partition coefficient (Wildman–Crippen LogP) is 3.25. The zero-order valence-electron chi connectivity index (χ0n) is 13.5. The molecule has 3 aromatic heterocycles. The number of fused-ring (bicyclic) bond motifs is 1. The molecule has 0 aromatic carbocycles. The third-order valence-electron chi connectivity index (χ3n) is 3.73. The molecule has 0 saturated carbocycles. The minimum atomic E-state index is -0.330. The number of nitrogens with zero attached hydrogens (tertiary/aromatic N) is 3. The SMILES string of the molecule is CN/C=C(/c1cnc2ccc(Cl)nc2c1)C(N)c1cncc(C)c1. The Labute approximate surface area is 145 Å². The molecule has 0 spiro atoms. The minimum absolute atomic E-state index is 0.330. The molecule has 3 heterocycles. The first-order valence-electron chi connectivity index (χ1n) is 7.55. The second kappa shape index (κ2) is 6.95. The predicted molar refractivity (Wildman–Crippen MR) is 97.5 cm³/mol. The lowest BCUT2D eigenvalue weighted by Gasteiger charge is -2.17. The smallest absolute Gasteiger partial charge is 0.129 e. The molecule has 122 valence electrons. The Bertz CT molecular complexity index is 907. The lowest BCUT2D eigenvalue weighted by molar-refractivity contribution is 0.905. The van der Waals surface area contributed by atoms with Gasteiger partial charge >= 0.3 is 0 Å². The molecule has 0 aliphatic heterocycles. The van der Waals surface area contributed by atoms with E-state index in [2.05, 4.69) is 20.3 Å². The number of aryl methyl sites for hydroxylation is 1. The standard InChI is InChI=1S/C18H18ClN5/c1-11-5-13(8-22-7-11)18(20)14(10-21-2)12-6-16-15(23-9-12)3-4-17(19)24-16/h3-10,18,21H,20H2,1-2H3/b14-10-. The fourth-order valence-corrected chi connectivity index (χ4v) is 2.73. The summed E-state index contributed by atoms with van der Waals surface area (Å²) in [5.41, 5.74) is 11.8. The third kappa shape index (κ3) is 3.37. The van der Waals surface area contributed by atoms with Gasteiger partial charge in [0.25, 0.3) is 0 Å². The summed E-state index contributed by atoms with van der Waals surface area (Å²) in [5.74, 6) is 0. The number of rotatable bonds is 4. The van der Waals surface area contributed by atoms with Crippen molar-refractivity contribution in [3.8, 4) is 0 Å². The molecule has 0 amide bonds. The monoisotopic (exact) mass is 339 g/mol. The molecule has 0 fully saturated rings. The molecule has 0 aliphatic carbocycles. The lowest BCUT2D eigenvalue weighted by atomic mass is 9.95. The summed E-state index contributed by atoms with van der Waals surface area (Å²) in [6, 6.07) is 7.22. The van der Waals surface area contributed by atoms with E-state index in [0.717, 1.165) is 33.3 Å². The number of aromatic nitrogens is 3. The Morgan fingerprint density at radius 1 is 1.21 bits per heavy atom. The average Bonchev–Trinajstić information content (AvgIpc) is 2.58. The summed E-state index contributed by atoms with van der Waals surface area (Å²) in [6.45, 7) is 1.99. The largest absolute Gasteiger partial charge is 0.394 e. The molecule has 3 aromatic rings. The van der Waals surface area contributed by atoms with Crippen LogP contribution < -0.4 is 11.1 Å². The van der Waals surface area contributed by atoms with Crippen LogP contribution >= 0.6 is 11.6 Å². The molecule has 3 rings (SSSR count). The normalized spacial score (nSPS) is 13.1. The van der Waals surface area contributed by atoms with Crippen LogP contribution in [0.5, 0.6) is 0 Å². The summed E-state index contributed by atoms with van der Waals surface area (Å²) in [4.78, 5) is 13.0. The summed E-state index contributed by atoms with van der Waals surface area (Å²) < 4.78 is 0. The summed E-state index contributed by atoms with van der Waals surface area (Å²) >= 11 is 5.99. The van der Waals surface area contributed by atoms with Crippen molar-refractivity contribution in [2.24, 2.45) is 5.73 Å². The first kappa shape index (κ1) is 16.4. The van der Waals surface area contributed by atoms with Gasteiger partial charge in [-0.3, -0.25) is 9.97 Å². The van der Waals surface area contributed by atoms with Gasteiger partial charge in [0.1, 0.15) is 5.15 Å². The van der Waals surface area contributed by atoms with Gasteiger partial charge < -0.3 is 11.1 Å². The van der Waals surface area contributed by atoms with Crippen LogP contribution in [0.15, 0.2) is 49.1 Å². The van der Waals surface area contributed by atoms with Crippen LogP contribution in [0.3, 0.4) is 0 Å². The molecule has 24 heavy (non-hydrogen) atoms. The van der Waals surface area contributed by atoms with Crippen LogP contribution in [-0.2, 0) is 0 Å². The van der Waals surface area contributed by atoms with E-state index in [1.54, 1.807) is 24.7 Å². The minimum Gasteiger partial charge on any atom is -0.394 e. The average molecular weight is 340 g/mol. The lowest BCUT2D eigenvalue weighted by Crippen LogP contribution is -2.15. The molecule has 0 radical (unpaired) electrons. The molecule has 0 saturated heterocycles. The molecule has 5 nitrogen and oxygen atoms in total. The van der Waals surface area contributed by atoms with Crippen molar-refractivity contribution in [3.05, 3.63) is 70.9 Å². The maximum atomic E-state index is 6.48. The van der Waals surface area contributed by atoms with Crippen LogP contribution in [0, 0.1) is 6.92 Å². The highest BCUT2D eigenvalue weighted by atomic mass is 35.5. The van der Waals surface area contributed by atoms with Gasteiger partial charge in [-0.2, -0.15) is 0 Å². The van der Waals surface area contributed by atoms with Crippen LogP contribution in [-0.4, -0.2) is 22.0 Å². The van der Waals surface area contributed by atoms with Crippen molar-refractivity contribution < 1.29 is 0 Å². The zero-order valence-corrected chi connectivity index (χ0v) is 14.2. The highest BCUT2D eigenvalue weighted by Crippen LogP contribution is 2.29. The highest BCUT2D eigenvalue weighted by molar-refractivity contribution is 6.29. The Kier molecular flexibility index (Phi) is 4.74. The molecule has 1 atom stereocenters. The van der Waals surface area contributed by atoms with Gasteiger partial charge in [-0.05, 0) is 41.8 Å². The number of nitrogens with two attached hydrogens (primary N) is 1. The summed E-state index contributed by atoms with van der Waals surface area (Å²) in [5, 5.41) is 3.49. The van der Waals surface area contributed by atoms with Gasteiger partial charge in [-0.15, -0.1) is 0 Å². The van der Waals surface area contributed by atoms with E-state index in [0.29, 0.717) is 5.15 Å². The van der Waals surface area contributed by atoms with Gasteiger partial charge in [-0.1, -0.05) is 17.7 Å². The first-order chi connectivity index (χ1) is 11.6. The first-order valence-corrected chi connectivity index (χ1v) is 7.93. The molecule has 6 heteroatoms. The molecule has 0 aliphatic rings. The van der Waals surface area contributed by atoms with Crippen molar-refractivity contribution in [2.75, 3.05) is 7.05 Å². The fraction of sp³-hybridized carbons (Fsp3) is 0.167. The van der Waals surface area contributed by atoms with Gasteiger partial charge in [0.05, 0.1) is 17.1 Å². The molecular formula is C18H18ClN5. The number of hydrogen-bond donors (Lipinski definition) is 2. The van der Waals surface area contributed by atoms with E-state index in [-0.39, 0.29) is 6.04 Å². The third-order valence-corrected chi connectivity index (χ3v) is 3.94. The van der Waals surface area contributed by atoms with E-state index in [1.165, 1.54) is 0 Å². The van der Waals surface area contributed by atoms with Gasteiger partial charge in [0.15, 0.2) is 0 Å².